The van der Waals surface area contributed by atoms with Crippen LogP contribution < -0.4 is 15.9 Å². The summed E-state index contributed by atoms with van der Waals surface area (Å²) in [5, 5.41) is 3.12. The second-order valence-corrected chi connectivity index (χ2v) is 7.83. The largest absolute Gasteiger partial charge is 0.425 e. The number of nitrogens with zero attached hydrogens (tertiary/aromatic N) is 4. The van der Waals surface area contributed by atoms with E-state index in [4.69, 9.17) is 0 Å². The average molecular weight is 421 g/mol. The molecule has 0 saturated carbocycles. The third kappa shape index (κ3) is 4.42. The molecule has 0 saturated heterocycles. The van der Waals surface area contributed by atoms with Crippen molar-refractivity contribution in [2.24, 2.45) is 0 Å². The van der Waals surface area contributed by atoms with Gasteiger partial charge in [-0.3, -0.25) is 4.57 Å². The number of hydrogen-bond donors (Lipinski definition) is 1. The summed E-state index contributed by atoms with van der Waals surface area (Å²) < 4.78 is 39.4. The van der Waals surface area contributed by atoms with Crippen LogP contribution >= 0.6 is 11.3 Å². The van der Waals surface area contributed by atoms with E-state index in [9.17, 15) is 18.0 Å². The highest BCUT2D eigenvalue weighted by atomic mass is 32.1. The Hall–Kier alpha value is -2.88. The van der Waals surface area contributed by atoms with Crippen molar-refractivity contribution in [3.63, 3.8) is 0 Å². The molecular weight excluding hydrogens is 403 g/mol. The minimum atomic E-state index is -4.38. The maximum atomic E-state index is 12.7. The number of thiophene rings is 1. The highest BCUT2D eigenvalue weighted by Gasteiger charge is 2.32. The van der Waals surface area contributed by atoms with E-state index >= 15 is 0 Å². The number of nitrogens with one attached hydrogen (secondary N) is 1. The minimum Gasteiger partial charge on any atom is -0.387 e. The first-order valence-electron chi connectivity index (χ1n) is 9.04. The number of dihydropyridines is 1. The summed E-state index contributed by atoms with van der Waals surface area (Å²) in [6.45, 7) is 2.10. The molecular formula is C19H18F3N5OS. The molecule has 29 heavy (non-hydrogen) atoms. The molecule has 0 bridgehead atoms. The Morgan fingerprint density at radius 3 is 2.72 bits per heavy atom. The standard InChI is InChI=1S/C19H18F3N5OS/c20-19(21,22)16-2-1-15(29-16)11-27-12-24-17(25-18(27)28)26-9-5-14(6-10-26)13-3-7-23-8-4-13/h1-5,7,12,23H,6,8-11H2. The fraction of sp³-hybridized carbons (Fsp3) is 0.316. The SMILES string of the molecule is O=c1nc(N2CC=C(C3=CCNC=C3)CC2)ncn1Cc1ccc(C(F)(F)F)s1. The molecule has 0 aromatic carbocycles. The van der Waals surface area contributed by atoms with Crippen LogP contribution in [0.25, 0.3) is 0 Å². The van der Waals surface area contributed by atoms with Crippen LogP contribution in [0.4, 0.5) is 19.1 Å². The molecule has 0 spiro atoms. The number of anilines is 1. The number of allylic oxidation sites excluding steroid dienone is 2. The van der Waals surface area contributed by atoms with E-state index in [-0.39, 0.29) is 6.54 Å². The summed E-state index contributed by atoms with van der Waals surface area (Å²) in [6, 6.07) is 2.39. The molecule has 0 unspecified atom stereocenters. The van der Waals surface area contributed by atoms with Crippen molar-refractivity contribution in [2.45, 2.75) is 19.1 Å². The van der Waals surface area contributed by atoms with Gasteiger partial charge in [-0.15, -0.1) is 11.3 Å². The van der Waals surface area contributed by atoms with Gasteiger partial charge < -0.3 is 10.2 Å². The molecule has 4 heterocycles. The smallest absolute Gasteiger partial charge is 0.387 e. The topological polar surface area (TPSA) is 63.1 Å². The van der Waals surface area contributed by atoms with Crippen LogP contribution in [0.5, 0.6) is 0 Å². The number of alkyl halides is 3. The van der Waals surface area contributed by atoms with Crippen molar-refractivity contribution in [3.05, 3.63) is 74.3 Å². The second-order valence-electron chi connectivity index (χ2n) is 6.66. The van der Waals surface area contributed by atoms with Gasteiger partial charge in [0.05, 0.1) is 6.54 Å². The van der Waals surface area contributed by atoms with Crippen LogP contribution in [0.2, 0.25) is 0 Å². The van der Waals surface area contributed by atoms with Gasteiger partial charge in [0.15, 0.2) is 0 Å². The van der Waals surface area contributed by atoms with Gasteiger partial charge in [-0.25, -0.2) is 9.78 Å². The van der Waals surface area contributed by atoms with Crippen molar-refractivity contribution in [1.82, 2.24) is 19.9 Å². The molecule has 2 aliphatic rings. The van der Waals surface area contributed by atoms with E-state index in [0.717, 1.165) is 19.0 Å². The predicted octanol–water partition coefficient (Wildman–Crippen LogP) is 2.95. The molecule has 2 aromatic rings. The molecule has 1 N–H and O–H groups in total. The minimum absolute atomic E-state index is 0.0123. The van der Waals surface area contributed by atoms with Crippen molar-refractivity contribution >= 4 is 17.3 Å². The fourth-order valence-electron chi connectivity index (χ4n) is 3.20. The molecule has 2 aliphatic heterocycles. The number of hydrogen-bond acceptors (Lipinski definition) is 6. The summed E-state index contributed by atoms with van der Waals surface area (Å²) in [7, 11) is 0. The monoisotopic (exact) mass is 421 g/mol. The van der Waals surface area contributed by atoms with Gasteiger partial charge in [-0.1, -0.05) is 12.2 Å². The Morgan fingerprint density at radius 2 is 2.10 bits per heavy atom. The number of halogens is 3. The molecule has 152 valence electrons. The molecule has 0 fully saturated rings. The molecule has 2 aromatic heterocycles. The van der Waals surface area contributed by atoms with E-state index in [0.29, 0.717) is 35.3 Å². The van der Waals surface area contributed by atoms with Gasteiger partial charge in [0.2, 0.25) is 5.95 Å². The van der Waals surface area contributed by atoms with Gasteiger partial charge >= 0.3 is 11.9 Å². The van der Waals surface area contributed by atoms with E-state index in [1.807, 2.05) is 17.2 Å². The van der Waals surface area contributed by atoms with Crippen molar-refractivity contribution in [1.29, 1.82) is 0 Å². The van der Waals surface area contributed by atoms with Gasteiger partial charge in [0, 0.05) is 24.5 Å². The Bertz CT molecular complexity index is 1050. The van der Waals surface area contributed by atoms with E-state index in [1.165, 1.54) is 28.1 Å². The van der Waals surface area contributed by atoms with Gasteiger partial charge in [0.25, 0.3) is 0 Å². The van der Waals surface area contributed by atoms with E-state index < -0.39 is 16.7 Å². The average Bonchev–Trinajstić information content (AvgIpc) is 3.20. The summed E-state index contributed by atoms with van der Waals surface area (Å²) in [4.78, 5) is 22.2. The molecule has 10 heteroatoms. The summed E-state index contributed by atoms with van der Waals surface area (Å²) in [5.41, 5.74) is 1.93. The van der Waals surface area contributed by atoms with E-state index in [1.54, 1.807) is 0 Å². The Labute approximate surface area is 168 Å². The van der Waals surface area contributed by atoms with Crippen molar-refractivity contribution in [3.8, 4) is 0 Å². The Balaban J connectivity index is 1.45. The van der Waals surface area contributed by atoms with Gasteiger partial charge in [-0.05, 0) is 42.0 Å². The van der Waals surface area contributed by atoms with Crippen LogP contribution in [-0.4, -0.2) is 34.2 Å². The summed E-state index contributed by atoms with van der Waals surface area (Å²) in [5.74, 6) is 0.332. The first kappa shape index (κ1) is 19.4. The van der Waals surface area contributed by atoms with Gasteiger partial charge in [-0.2, -0.15) is 18.2 Å². The fourth-order valence-corrected chi connectivity index (χ4v) is 4.07. The van der Waals surface area contributed by atoms with Crippen LogP contribution in [0, 0.1) is 0 Å². The lowest BCUT2D eigenvalue weighted by atomic mass is 9.98. The Morgan fingerprint density at radius 1 is 1.24 bits per heavy atom. The maximum Gasteiger partial charge on any atom is 0.425 e. The first-order valence-corrected chi connectivity index (χ1v) is 9.85. The van der Waals surface area contributed by atoms with Crippen molar-refractivity contribution < 1.29 is 13.2 Å². The third-order valence-electron chi connectivity index (χ3n) is 4.70. The number of aromatic nitrogens is 3. The van der Waals surface area contributed by atoms with Crippen LogP contribution in [0.1, 0.15) is 16.2 Å². The van der Waals surface area contributed by atoms with Crippen molar-refractivity contribution in [2.75, 3.05) is 24.5 Å². The normalized spacial score (nSPS) is 17.0. The Kier molecular flexibility index (Phi) is 5.27. The third-order valence-corrected chi connectivity index (χ3v) is 5.82. The summed E-state index contributed by atoms with van der Waals surface area (Å²) >= 11 is 0.616. The van der Waals surface area contributed by atoms with Crippen LogP contribution in [-0.2, 0) is 12.7 Å². The molecule has 4 rings (SSSR count). The zero-order chi connectivity index (χ0) is 20.4. The lowest BCUT2D eigenvalue weighted by Gasteiger charge is -2.27. The van der Waals surface area contributed by atoms with Crippen LogP contribution in [0.15, 0.2) is 58.8 Å². The molecule has 0 amide bonds. The quantitative estimate of drug-likeness (QED) is 0.823. The molecule has 0 aliphatic carbocycles. The highest BCUT2D eigenvalue weighted by Crippen LogP contribution is 2.34. The van der Waals surface area contributed by atoms with E-state index in [2.05, 4.69) is 27.4 Å². The zero-order valence-electron chi connectivity index (χ0n) is 15.3. The molecule has 6 nitrogen and oxygen atoms in total. The highest BCUT2D eigenvalue weighted by molar-refractivity contribution is 7.12. The second kappa shape index (κ2) is 7.86. The molecule has 0 radical (unpaired) electrons. The number of rotatable bonds is 4. The lowest BCUT2D eigenvalue weighted by molar-refractivity contribution is -0.134. The lowest BCUT2D eigenvalue weighted by Crippen LogP contribution is -2.34. The molecule has 0 atom stereocenters. The maximum absolute atomic E-state index is 12.7. The predicted molar refractivity (Wildman–Crippen MR) is 105 cm³/mol. The summed E-state index contributed by atoms with van der Waals surface area (Å²) in [6.07, 6.45) is 5.98. The van der Waals surface area contributed by atoms with Gasteiger partial charge in [0.1, 0.15) is 11.2 Å². The zero-order valence-corrected chi connectivity index (χ0v) is 16.1. The first-order chi connectivity index (χ1) is 13.9. The van der Waals surface area contributed by atoms with Crippen LogP contribution in [0.3, 0.4) is 0 Å².